The molecular formula is C34H37N5O2. The van der Waals surface area contributed by atoms with Crippen LogP contribution in [0.15, 0.2) is 91.1 Å². The molecule has 0 radical (unpaired) electrons. The first-order valence-electron chi connectivity index (χ1n) is 14.9. The number of carbonyl (C=O) groups is 2. The van der Waals surface area contributed by atoms with Gasteiger partial charge in [0.2, 0.25) is 11.8 Å². The number of piperazine rings is 1. The van der Waals surface area contributed by atoms with Gasteiger partial charge < -0.3 is 20.1 Å². The van der Waals surface area contributed by atoms with E-state index in [4.69, 9.17) is 0 Å². The van der Waals surface area contributed by atoms with Crippen molar-refractivity contribution < 1.29 is 9.59 Å². The normalized spacial score (nSPS) is 22.9. The van der Waals surface area contributed by atoms with Gasteiger partial charge in [-0.2, -0.15) is 0 Å². The van der Waals surface area contributed by atoms with Crippen molar-refractivity contribution in [3.8, 4) is 0 Å². The van der Waals surface area contributed by atoms with Crippen LogP contribution in [0.2, 0.25) is 0 Å². The molecule has 3 saturated heterocycles. The van der Waals surface area contributed by atoms with Crippen LogP contribution in [-0.2, 0) is 22.6 Å². The van der Waals surface area contributed by atoms with Gasteiger partial charge in [0.1, 0.15) is 11.6 Å². The average Bonchev–Trinajstić information content (AvgIpc) is 3.64. The van der Waals surface area contributed by atoms with Crippen LogP contribution in [0, 0.1) is 0 Å². The van der Waals surface area contributed by atoms with Gasteiger partial charge in [0.05, 0.1) is 0 Å². The molecule has 4 aromatic rings. The molecule has 0 aliphatic carbocycles. The van der Waals surface area contributed by atoms with Crippen LogP contribution in [0.4, 0.5) is 5.69 Å². The molecular weight excluding hydrogens is 510 g/mol. The summed E-state index contributed by atoms with van der Waals surface area (Å²) in [6.07, 6.45) is 4.62. The number of nitrogens with zero attached hydrogens (tertiary/aromatic N) is 3. The second-order valence-electron chi connectivity index (χ2n) is 11.8. The van der Waals surface area contributed by atoms with E-state index in [9.17, 15) is 9.59 Å². The van der Waals surface area contributed by atoms with Crippen molar-refractivity contribution in [1.82, 2.24) is 20.1 Å². The molecule has 4 heterocycles. The molecule has 2 amide bonds. The third-order valence-corrected chi connectivity index (χ3v) is 9.40. The van der Waals surface area contributed by atoms with Gasteiger partial charge in [-0.1, -0.05) is 66.7 Å². The Morgan fingerprint density at radius 3 is 2.32 bits per heavy atom. The lowest BCUT2D eigenvalue weighted by molar-refractivity contribution is -0.162. The lowest BCUT2D eigenvalue weighted by Gasteiger charge is -2.54. The van der Waals surface area contributed by atoms with Gasteiger partial charge in [-0.25, -0.2) is 0 Å². The largest absolute Gasteiger partial charge is 0.371 e. The summed E-state index contributed by atoms with van der Waals surface area (Å²) in [6.45, 7) is 4.06. The zero-order chi connectivity index (χ0) is 27.8. The Balaban J connectivity index is 1.16. The minimum absolute atomic E-state index is 0.0103. The van der Waals surface area contributed by atoms with Crippen molar-refractivity contribution in [2.75, 3.05) is 31.1 Å². The quantitative estimate of drug-likeness (QED) is 0.377. The lowest BCUT2D eigenvalue weighted by atomic mass is 9.79. The maximum atomic E-state index is 14.5. The van der Waals surface area contributed by atoms with Crippen molar-refractivity contribution in [3.63, 3.8) is 0 Å². The number of amides is 2. The number of benzene rings is 3. The van der Waals surface area contributed by atoms with Gasteiger partial charge in [0, 0.05) is 68.0 Å². The zero-order valence-corrected chi connectivity index (χ0v) is 23.3. The molecule has 3 fully saturated rings. The smallest absolute Gasteiger partial charge is 0.246 e. The van der Waals surface area contributed by atoms with Crippen molar-refractivity contribution in [3.05, 3.63) is 102 Å². The number of carbonyl (C=O) groups excluding carboxylic acids is 2. The summed E-state index contributed by atoms with van der Waals surface area (Å²) in [5.41, 5.74) is 3.74. The van der Waals surface area contributed by atoms with E-state index in [-0.39, 0.29) is 17.9 Å². The Hall–Kier alpha value is -4.10. The molecule has 210 valence electrons. The fraction of sp³-hybridized carbons (Fsp3) is 0.353. The number of likely N-dealkylation sites (tertiary alicyclic amines) is 1. The van der Waals surface area contributed by atoms with Crippen LogP contribution in [0.1, 0.15) is 30.4 Å². The second-order valence-corrected chi connectivity index (χ2v) is 11.8. The fourth-order valence-corrected chi connectivity index (χ4v) is 7.28. The highest BCUT2D eigenvalue weighted by Gasteiger charge is 2.56. The highest BCUT2D eigenvalue weighted by Crippen LogP contribution is 2.38. The summed E-state index contributed by atoms with van der Waals surface area (Å²) in [5.74, 6) is 0.0748. The predicted octanol–water partition coefficient (Wildman–Crippen LogP) is 4.35. The van der Waals surface area contributed by atoms with E-state index < -0.39 is 11.6 Å². The number of anilines is 1. The SMILES string of the molecule is O=C1C(Cc2c[nH]c3ccccc23)NC(=O)C2(CCN(c3ccccc3)CC2)N1C1CCN(Cc2ccccc2)C1. The van der Waals surface area contributed by atoms with Gasteiger partial charge >= 0.3 is 0 Å². The number of H-pyrrole nitrogens is 1. The summed E-state index contributed by atoms with van der Waals surface area (Å²) in [4.78, 5) is 38.8. The Kier molecular flexibility index (Phi) is 6.75. The average molecular weight is 548 g/mol. The molecule has 2 atom stereocenters. The Morgan fingerprint density at radius 2 is 1.54 bits per heavy atom. The molecule has 7 heteroatoms. The summed E-state index contributed by atoms with van der Waals surface area (Å²) < 4.78 is 0. The van der Waals surface area contributed by atoms with Gasteiger partial charge in [-0.05, 0) is 48.6 Å². The summed E-state index contributed by atoms with van der Waals surface area (Å²) in [5, 5.41) is 4.32. The highest BCUT2D eigenvalue weighted by atomic mass is 16.2. The predicted molar refractivity (Wildman–Crippen MR) is 162 cm³/mol. The molecule has 7 nitrogen and oxygen atoms in total. The number of rotatable bonds is 6. The molecule has 7 rings (SSSR count). The van der Waals surface area contributed by atoms with E-state index in [1.807, 2.05) is 36.5 Å². The molecule has 2 unspecified atom stereocenters. The van der Waals surface area contributed by atoms with E-state index in [1.165, 1.54) is 11.3 Å². The highest BCUT2D eigenvalue weighted by molar-refractivity contribution is 6.01. The molecule has 3 aliphatic heterocycles. The number of para-hydroxylation sites is 2. The van der Waals surface area contributed by atoms with Gasteiger partial charge in [-0.3, -0.25) is 14.5 Å². The standard InChI is InChI=1S/C34H37N5O2/c40-32-31(21-26-22-35-30-14-8-7-13-29(26)30)36-33(41)34(16-19-38(20-17-34)27-11-5-2-6-12-27)39(32)28-15-18-37(24-28)23-25-9-3-1-4-10-25/h1-14,22,28,31,35H,15-21,23-24H2,(H,36,41). The first-order chi connectivity index (χ1) is 20.1. The number of fused-ring (bicyclic) bond motifs is 1. The first kappa shape index (κ1) is 25.8. The van der Waals surface area contributed by atoms with Crippen LogP contribution >= 0.6 is 0 Å². The summed E-state index contributed by atoms with van der Waals surface area (Å²) in [6, 6.07) is 28.5. The molecule has 41 heavy (non-hydrogen) atoms. The minimum Gasteiger partial charge on any atom is -0.371 e. The van der Waals surface area contributed by atoms with Crippen molar-refractivity contribution >= 4 is 28.4 Å². The third-order valence-electron chi connectivity index (χ3n) is 9.40. The molecule has 0 bridgehead atoms. The number of hydrogen-bond donors (Lipinski definition) is 2. The molecule has 0 saturated carbocycles. The maximum absolute atomic E-state index is 14.5. The van der Waals surface area contributed by atoms with E-state index >= 15 is 0 Å². The minimum atomic E-state index is -0.813. The van der Waals surface area contributed by atoms with Crippen LogP contribution in [0.25, 0.3) is 10.9 Å². The van der Waals surface area contributed by atoms with Crippen molar-refractivity contribution in [1.29, 1.82) is 0 Å². The van der Waals surface area contributed by atoms with Gasteiger partial charge in [-0.15, -0.1) is 0 Å². The van der Waals surface area contributed by atoms with E-state index in [2.05, 4.69) is 79.6 Å². The third kappa shape index (κ3) is 4.78. The molecule has 3 aliphatic rings. The topological polar surface area (TPSA) is 71.7 Å². The molecule has 2 N–H and O–H groups in total. The summed E-state index contributed by atoms with van der Waals surface area (Å²) >= 11 is 0. The van der Waals surface area contributed by atoms with Gasteiger partial charge in [0.25, 0.3) is 0 Å². The Morgan fingerprint density at radius 1 is 0.829 bits per heavy atom. The van der Waals surface area contributed by atoms with E-state index in [1.54, 1.807) is 0 Å². The second kappa shape index (κ2) is 10.7. The Bertz CT molecular complexity index is 1530. The number of nitrogens with one attached hydrogen (secondary N) is 2. The lowest BCUT2D eigenvalue weighted by Crippen LogP contribution is -2.75. The van der Waals surface area contributed by atoms with Crippen LogP contribution < -0.4 is 10.2 Å². The Labute approximate surface area is 241 Å². The number of hydrogen-bond acceptors (Lipinski definition) is 4. The number of aromatic amines is 1. The molecule has 1 aromatic heterocycles. The number of piperidine rings is 1. The van der Waals surface area contributed by atoms with Gasteiger partial charge in [0.15, 0.2) is 0 Å². The fourth-order valence-electron chi connectivity index (χ4n) is 7.28. The zero-order valence-electron chi connectivity index (χ0n) is 23.3. The molecule has 3 aromatic carbocycles. The van der Waals surface area contributed by atoms with E-state index in [0.717, 1.165) is 55.6 Å². The van der Waals surface area contributed by atoms with Crippen molar-refractivity contribution in [2.45, 2.75) is 49.9 Å². The van der Waals surface area contributed by atoms with Crippen LogP contribution in [-0.4, -0.2) is 70.4 Å². The maximum Gasteiger partial charge on any atom is 0.246 e. The van der Waals surface area contributed by atoms with Crippen LogP contribution in [0.5, 0.6) is 0 Å². The molecule has 1 spiro atoms. The van der Waals surface area contributed by atoms with E-state index in [0.29, 0.717) is 19.3 Å². The monoisotopic (exact) mass is 547 g/mol. The first-order valence-corrected chi connectivity index (χ1v) is 14.9. The van der Waals surface area contributed by atoms with Crippen LogP contribution in [0.3, 0.4) is 0 Å². The number of aromatic nitrogens is 1. The summed E-state index contributed by atoms with van der Waals surface area (Å²) in [7, 11) is 0. The van der Waals surface area contributed by atoms with Crippen molar-refractivity contribution in [2.24, 2.45) is 0 Å².